The Labute approximate surface area is 165 Å². The highest BCUT2D eigenvalue weighted by atomic mass is 19.4. The zero-order valence-corrected chi connectivity index (χ0v) is 16.0. The maximum Gasteiger partial charge on any atom is 0.419 e. The van der Waals surface area contributed by atoms with Gasteiger partial charge in [-0.3, -0.25) is 4.79 Å². The number of carbonyl (C=O) groups is 1. The molecule has 29 heavy (non-hydrogen) atoms. The highest BCUT2D eigenvalue weighted by Gasteiger charge is 2.37. The van der Waals surface area contributed by atoms with Crippen LogP contribution in [0.4, 0.5) is 23.4 Å². The topological polar surface area (TPSA) is 45.7 Å². The average Bonchev–Trinajstić information content (AvgIpc) is 2.72. The van der Waals surface area contributed by atoms with Crippen molar-refractivity contribution in [1.82, 2.24) is 9.88 Å². The number of amides is 1. The van der Waals surface area contributed by atoms with Gasteiger partial charge < -0.3 is 14.5 Å². The second-order valence-electron chi connectivity index (χ2n) is 6.88. The summed E-state index contributed by atoms with van der Waals surface area (Å²) in [5.41, 5.74) is -0.649. The summed E-state index contributed by atoms with van der Waals surface area (Å²) in [6.07, 6.45) is -1.98. The van der Waals surface area contributed by atoms with Gasteiger partial charge in [-0.25, -0.2) is 9.37 Å². The summed E-state index contributed by atoms with van der Waals surface area (Å²) in [6.45, 7) is 0.669. The first kappa shape index (κ1) is 20.9. The number of rotatable bonds is 4. The predicted molar refractivity (Wildman–Crippen MR) is 99.5 cm³/mol. The maximum absolute atomic E-state index is 13.9. The lowest BCUT2D eigenvalue weighted by atomic mass is 10.0. The van der Waals surface area contributed by atoms with Crippen molar-refractivity contribution in [2.24, 2.45) is 0 Å². The highest BCUT2D eigenvalue weighted by molar-refractivity contribution is 5.94. The number of benzene rings is 1. The van der Waals surface area contributed by atoms with E-state index in [4.69, 9.17) is 4.74 Å². The molecule has 1 aromatic carbocycles. The molecule has 1 atom stereocenters. The lowest BCUT2D eigenvalue weighted by Gasteiger charge is -2.38. The Balaban J connectivity index is 1.79. The minimum Gasteiger partial charge on any atom is -0.494 e. The molecule has 0 spiro atoms. The molecule has 156 valence electrons. The van der Waals surface area contributed by atoms with Gasteiger partial charge in [0.15, 0.2) is 11.6 Å². The molecular weight excluding hydrogens is 390 g/mol. The Kier molecular flexibility index (Phi) is 5.95. The fourth-order valence-corrected chi connectivity index (χ4v) is 3.51. The van der Waals surface area contributed by atoms with Gasteiger partial charge in [0.25, 0.3) is 5.91 Å². The maximum atomic E-state index is 13.9. The van der Waals surface area contributed by atoms with E-state index in [0.29, 0.717) is 19.4 Å². The number of nitrogens with zero attached hydrogens (tertiary/aromatic N) is 3. The summed E-state index contributed by atoms with van der Waals surface area (Å²) in [4.78, 5) is 19.7. The number of piperidine rings is 1. The van der Waals surface area contributed by atoms with Crippen molar-refractivity contribution in [2.75, 3.05) is 32.1 Å². The van der Waals surface area contributed by atoms with E-state index < -0.39 is 17.6 Å². The highest BCUT2D eigenvalue weighted by Crippen LogP contribution is 2.36. The van der Waals surface area contributed by atoms with Crippen molar-refractivity contribution < 1.29 is 27.1 Å². The molecule has 1 fully saturated rings. The molecule has 0 radical (unpaired) electrons. The number of aromatic nitrogens is 1. The van der Waals surface area contributed by atoms with Crippen LogP contribution in [0.5, 0.6) is 5.75 Å². The van der Waals surface area contributed by atoms with Crippen LogP contribution < -0.4 is 9.64 Å². The van der Waals surface area contributed by atoms with Gasteiger partial charge >= 0.3 is 6.18 Å². The Morgan fingerprint density at radius 2 is 2.07 bits per heavy atom. The standard InChI is InChI=1S/C20H21F4N3O2/c1-26(18-15(20(22,23)24)6-3-9-25-18)14-5-4-10-27(12-14)19(28)13-7-8-17(29-2)16(21)11-13/h3,6-9,11,14H,4-5,10,12H2,1-2H3. The van der Waals surface area contributed by atoms with E-state index in [9.17, 15) is 22.4 Å². The summed E-state index contributed by atoms with van der Waals surface area (Å²) >= 11 is 0. The van der Waals surface area contributed by atoms with E-state index in [0.717, 1.165) is 12.1 Å². The van der Waals surface area contributed by atoms with Crippen LogP contribution in [0.15, 0.2) is 36.5 Å². The molecule has 1 aliphatic rings. The number of hydrogen-bond donors (Lipinski definition) is 0. The summed E-state index contributed by atoms with van der Waals surface area (Å²) in [7, 11) is 2.88. The second-order valence-corrected chi connectivity index (χ2v) is 6.88. The molecule has 1 amide bonds. The van der Waals surface area contributed by atoms with Gasteiger partial charge in [0.1, 0.15) is 5.82 Å². The third-order valence-corrected chi connectivity index (χ3v) is 5.06. The van der Waals surface area contributed by atoms with Crippen LogP contribution in [-0.4, -0.2) is 49.1 Å². The SMILES string of the molecule is COc1ccc(C(=O)N2CCCC(N(C)c3ncccc3C(F)(F)F)C2)cc1F. The van der Waals surface area contributed by atoms with Crippen molar-refractivity contribution in [2.45, 2.75) is 25.1 Å². The number of alkyl halides is 3. The van der Waals surface area contributed by atoms with Gasteiger partial charge in [0, 0.05) is 37.9 Å². The summed E-state index contributed by atoms with van der Waals surface area (Å²) < 4.78 is 58.8. The normalized spacial score (nSPS) is 17.2. The molecule has 0 saturated carbocycles. The number of halogens is 4. The van der Waals surface area contributed by atoms with Gasteiger partial charge in [0.2, 0.25) is 0 Å². The lowest BCUT2D eigenvalue weighted by Crippen LogP contribution is -2.49. The fourth-order valence-electron chi connectivity index (χ4n) is 3.51. The molecule has 1 aliphatic heterocycles. The lowest BCUT2D eigenvalue weighted by molar-refractivity contribution is -0.137. The van der Waals surface area contributed by atoms with E-state index in [-0.39, 0.29) is 35.6 Å². The van der Waals surface area contributed by atoms with Crippen molar-refractivity contribution in [3.8, 4) is 5.75 Å². The molecule has 2 aromatic rings. The van der Waals surface area contributed by atoms with Gasteiger partial charge in [-0.2, -0.15) is 13.2 Å². The van der Waals surface area contributed by atoms with Crippen LogP contribution in [0.1, 0.15) is 28.8 Å². The Bertz CT molecular complexity index is 888. The Morgan fingerprint density at radius 1 is 1.31 bits per heavy atom. The Morgan fingerprint density at radius 3 is 2.72 bits per heavy atom. The van der Waals surface area contributed by atoms with Gasteiger partial charge in [-0.15, -0.1) is 0 Å². The second kappa shape index (κ2) is 8.26. The van der Waals surface area contributed by atoms with E-state index in [1.807, 2.05) is 0 Å². The smallest absolute Gasteiger partial charge is 0.419 e. The van der Waals surface area contributed by atoms with E-state index in [1.165, 1.54) is 41.3 Å². The fraction of sp³-hybridized carbons (Fsp3) is 0.400. The molecule has 9 heteroatoms. The van der Waals surface area contributed by atoms with Crippen LogP contribution >= 0.6 is 0 Å². The van der Waals surface area contributed by atoms with Gasteiger partial charge in [-0.1, -0.05) is 0 Å². The number of anilines is 1. The number of likely N-dealkylation sites (tertiary alicyclic amines) is 1. The molecule has 0 N–H and O–H groups in total. The number of hydrogen-bond acceptors (Lipinski definition) is 4. The minimum absolute atomic E-state index is 0.0348. The van der Waals surface area contributed by atoms with Crippen LogP contribution in [0.2, 0.25) is 0 Å². The summed E-state index contributed by atoms with van der Waals surface area (Å²) in [5.74, 6) is -1.16. The largest absolute Gasteiger partial charge is 0.494 e. The van der Waals surface area contributed by atoms with Crippen LogP contribution in [0, 0.1) is 5.82 Å². The number of ether oxygens (including phenoxy) is 1. The quantitative estimate of drug-likeness (QED) is 0.714. The molecule has 3 rings (SSSR count). The monoisotopic (exact) mass is 411 g/mol. The molecule has 1 unspecified atom stereocenters. The van der Waals surface area contributed by atoms with Crippen molar-refractivity contribution in [1.29, 1.82) is 0 Å². The van der Waals surface area contributed by atoms with Gasteiger partial charge in [-0.05, 0) is 43.2 Å². The first-order valence-corrected chi connectivity index (χ1v) is 9.10. The van der Waals surface area contributed by atoms with Crippen LogP contribution in [0.25, 0.3) is 0 Å². The predicted octanol–water partition coefficient (Wildman–Crippen LogP) is 3.99. The number of likely N-dealkylation sites (N-methyl/N-ethyl adjacent to an activating group) is 1. The van der Waals surface area contributed by atoms with E-state index in [1.54, 1.807) is 7.05 Å². The van der Waals surface area contributed by atoms with E-state index in [2.05, 4.69) is 4.98 Å². The number of carbonyl (C=O) groups excluding carboxylic acids is 1. The molecule has 0 bridgehead atoms. The van der Waals surface area contributed by atoms with Gasteiger partial charge in [0.05, 0.1) is 12.7 Å². The van der Waals surface area contributed by atoms with Crippen molar-refractivity contribution >= 4 is 11.7 Å². The number of pyridine rings is 1. The Hall–Kier alpha value is -2.84. The first-order valence-electron chi connectivity index (χ1n) is 9.10. The molecule has 1 saturated heterocycles. The molecule has 1 aromatic heterocycles. The summed E-state index contributed by atoms with van der Waals surface area (Å²) in [5, 5.41) is 0. The summed E-state index contributed by atoms with van der Waals surface area (Å²) in [6, 6.07) is 5.85. The zero-order valence-electron chi connectivity index (χ0n) is 16.0. The van der Waals surface area contributed by atoms with Crippen LogP contribution in [0.3, 0.4) is 0 Å². The average molecular weight is 411 g/mol. The number of methoxy groups -OCH3 is 1. The third-order valence-electron chi connectivity index (χ3n) is 5.06. The third kappa shape index (κ3) is 4.44. The van der Waals surface area contributed by atoms with Crippen molar-refractivity contribution in [3.63, 3.8) is 0 Å². The molecule has 0 aliphatic carbocycles. The van der Waals surface area contributed by atoms with Crippen molar-refractivity contribution in [3.05, 3.63) is 53.5 Å². The van der Waals surface area contributed by atoms with Crippen LogP contribution in [-0.2, 0) is 6.18 Å². The first-order chi connectivity index (χ1) is 13.7. The molecule has 2 heterocycles. The molecule has 5 nitrogen and oxygen atoms in total. The minimum atomic E-state index is -4.53. The zero-order chi connectivity index (χ0) is 21.2. The molecular formula is C20H21F4N3O2. The van der Waals surface area contributed by atoms with E-state index >= 15 is 0 Å².